The first-order chi connectivity index (χ1) is 41.7. The van der Waals surface area contributed by atoms with E-state index in [2.05, 4.69) is 12.2 Å². The molecule has 27 saturated carbocycles. The van der Waals surface area contributed by atoms with Gasteiger partial charge in [-0.25, -0.2) is 0 Å². The highest BCUT2D eigenvalue weighted by Crippen LogP contribution is 3.01. The van der Waals surface area contributed by atoms with Crippen molar-refractivity contribution in [2.75, 3.05) is 0 Å². The van der Waals surface area contributed by atoms with Crippen LogP contribution in [0.4, 0.5) is 0 Å². The van der Waals surface area contributed by atoms with E-state index in [-0.39, 0.29) is 0 Å². The fourth-order valence-electron chi connectivity index (χ4n) is 31.3. The van der Waals surface area contributed by atoms with Gasteiger partial charge in [-0.2, -0.15) is 0 Å². The van der Waals surface area contributed by atoms with Crippen molar-refractivity contribution in [2.24, 2.45) is 183 Å². The maximum Gasteiger partial charge on any atom is -0.0171 e. The molecule has 0 aromatic carbocycles. The molecule has 28 aliphatic carbocycles. The minimum atomic E-state index is 0.906. The van der Waals surface area contributed by atoms with Crippen LogP contribution in [-0.2, 0) is 0 Å². The van der Waals surface area contributed by atoms with E-state index >= 15 is 0 Å². The molecule has 84 heavy (non-hydrogen) atoms. The Hall–Kier alpha value is -0.260. The van der Waals surface area contributed by atoms with E-state index in [0.29, 0.717) is 0 Å². The second kappa shape index (κ2) is 25.0. The molecule has 0 radical (unpaired) electrons. The van der Waals surface area contributed by atoms with Crippen LogP contribution in [0.15, 0.2) is 12.2 Å². The number of rotatable bonds is 0. The molecule has 19 unspecified atom stereocenters. The summed E-state index contributed by atoms with van der Waals surface area (Å²) >= 11 is 0. The number of fused-ring (bicyclic) bond motifs is 8. The van der Waals surface area contributed by atoms with Gasteiger partial charge in [-0.15, -0.1) is 0 Å². The largest absolute Gasteiger partial charge is 0.0879 e. The average Bonchev–Trinajstić information content (AvgIpc) is 0.834. The summed E-state index contributed by atoms with van der Waals surface area (Å²) in [6.07, 6.45) is 83.6. The van der Waals surface area contributed by atoms with Gasteiger partial charge in [0.05, 0.1) is 0 Å². The number of allylic oxidation sites excluding steroid dienone is 2. The summed E-state index contributed by atoms with van der Waals surface area (Å²) in [7, 11) is 0. The third kappa shape index (κ3) is 10.3. The average molecular weight is 1140 g/mol. The van der Waals surface area contributed by atoms with Crippen LogP contribution in [0.5, 0.6) is 0 Å². The Balaban J connectivity index is 0.0000000742. The molecular weight excluding hydrogens is 1010 g/mol. The fourth-order valence-corrected chi connectivity index (χ4v) is 31.3. The summed E-state index contributed by atoms with van der Waals surface area (Å²) in [4.78, 5) is 0. The van der Waals surface area contributed by atoms with E-state index < -0.39 is 0 Å². The van der Waals surface area contributed by atoms with Gasteiger partial charge in [-0.3, -0.25) is 0 Å². The van der Waals surface area contributed by atoms with Crippen molar-refractivity contribution < 1.29 is 0 Å². The lowest BCUT2D eigenvalue weighted by atomic mass is 9.01. The monoisotopic (exact) mass is 1140 g/mol. The van der Waals surface area contributed by atoms with Crippen LogP contribution in [0.1, 0.15) is 327 Å². The highest BCUT2D eigenvalue weighted by atomic mass is 15.0. The van der Waals surface area contributed by atoms with E-state index in [1.807, 2.05) is 0 Å². The van der Waals surface area contributed by atoms with Gasteiger partial charge >= 0.3 is 0 Å². The SMILES string of the molecule is C12C3C4C1C1C2C3C41.C1=CC2C3CCC(C3)C2C1.C1C2C3CC4C5CC3C1C5C24.C1C2CC3C1C3C2.C1CC2CC3CCCC3(C1)C2.C1CCC2C3CCC2C(C1)C3.C1CCCC1.C1CCCCC1.C1CCCCCC1.C1CCCCCCC1. The Bertz CT molecular complexity index is 1930. The Kier molecular flexibility index (Phi) is 17.1. The molecular formula is C84H134. The minimum Gasteiger partial charge on any atom is -0.0879 e. The van der Waals surface area contributed by atoms with Crippen LogP contribution in [-0.4, -0.2) is 0 Å². The predicted molar refractivity (Wildman–Crippen MR) is 352 cm³/mol. The zero-order valence-electron chi connectivity index (χ0n) is 55.0. The molecule has 27 fully saturated rings. The summed E-state index contributed by atoms with van der Waals surface area (Å²) < 4.78 is 0. The minimum absolute atomic E-state index is 0.906. The van der Waals surface area contributed by atoms with Gasteiger partial charge in [0, 0.05) is 0 Å². The molecule has 14 bridgehead atoms. The molecule has 0 amide bonds. The Labute approximate surface area is 519 Å². The maximum atomic E-state index is 2.49. The zero-order chi connectivity index (χ0) is 55.3. The molecule has 470 valence electrons. The third-order valence-electron chi connectivity index (χ3n) is 34.6. The Morgan fingerprint density at radius 3 is 1.06 bits per heavy atom. The Morgan fingerprint density at radius 2 is 0.595 bits per heavy atom. The molecule has 19 atom stereocenters. The van der Waals surface area contributed by atoms with Crippen molar-refractivity contribution in [1.29, 1.82) is 0 Å². The van der Waals surface area contributed by atoms with Gasteiger partial charge in [0.2, 0.25) is 0 Å². The number of hydrogen-bond acceptors (Lipinski definition) is 0. The van der Waals surface area contributed by atoms with E-state index in [4.69, 9.17) is 0 Å². The van der Waals surface area contributed by atoms with Gasteiger partial charge in [-0.05, 0) is 305 Å². The van der Waals surface area contributed by atoms with Gasteiger partial charge in [-0.1, -0.05) is 218 Å². The van der Waals surface area contributed by atoms with Gasteiger partial charge in [0.25, 0.3) is 0 Å². The second-order valence-corrected chi connectivity index (χ2v) is 37.6. The molecule has 0 heterocycles. The molecule has 0 heteroatoms. The summed E-state index contributed by atoms with van der Waals surface area (Å²) in [5, 5.41) is 0. The standard InChI is InChI=1S/C11H14.2C11H18.C10H14.C8H8.C8H16.C7H10.C7H14.C6H12.C5H10/c1-4-5-2-9-8(1)10-6(4)3-7(5)11(9)10;1-3-9-7-10-4-2-6-11(10,5-1)8-9;1-2-4-10-9-5-6-11(10)8(3-1)7-9;1-2-9-7-4-5-8(6-7)10(9)3-1;1-2-5-3(1)7-4(1)6(2)8(5)7;1-2-4-6-8-7-5-3-1;1-4-2-6-5(1)7(6)3-4;1-2-4-6-7-5-3-1;1-2-4-6-5-3-1;1-2-4-5-3-1/h4-11H,1-3H2;9-10H,1-8H2;8-11H,1-7H2;1-2,7-10H,3-6H2;1-8H;1-8H2;4-7H,1-3H2;1-7H2;1-6H2;1-5H2. The first kappa shape index (κ1) is 57.6. The van der Waals surface area contributed by atoms with Gasteiger partial charge in [0.1, 0.15) is 0 Å². The predicted octanol–water partition coefficient (Wildman–Crippen LogP) is 24.1. The molecule has 0 aliphatic heterocycles. The fraction of sp³-hybridized carbons (Fsp3) is 0.976. The van der Waals surface area contributed by atoms with Crippen molar-refractivity contribution in [3.05, 3.63) is 12.2 Å². The zero-order valence-corrected chi connectivity index (χ0v) is 55.0. The summed E-state index contributed by atoms with van der Waals surface area (Å²) in [5.41, 5.74) is 0.906. The van der Waals surface area contributed by atoms with Crippen LogP contribution in [0, 0.1) is 183 Å². The molecule has 28 rings (SSSR count). The van der Waals surface area contributed by atoms with Crippen LogP contribution >= 0.6 is 0 Å². The van der Waals surface area contributed by atoms with E-state index in [9.17, 15) is 0 Å². The third-order valence-corrected chi connectivity index (χ3v) is 34.6. The summed E-state index contributed by atoms with van der Waals surface area (Å²) in [6, 6.07) is 0. The second-order valence-electron chi connectivity index (χ2n) is 37.6. The molecule has 0 aromatic heterocycles. The van der Waals surface area contributed by atoms with E-state index in [1.54, 1.807) is 148 Å². The summed E-state index contributed by atoms with van der Waals surface area (Å²) in [6.45, 7) is 0. The van der Waals surface area contributed by atoms with Crippen LogP contribution in [0.25, 0.3) is 0 Å². The van der Waals surface area contributed by atoms with Gasteiger partial charge < -0.3 is 0 Å². The van der Waals surface area contributed by atoms with Crippen molar-refractivity contribution >= 4 is 0 Å². The van der Waals surface area contributed by atoms with Crippen LogP contribution in [0.3, 0.4) is 0 Å². The van der Waals surface area contributed by atoms with Crippen molar-refractivity contribution in [3.8, 4) is 0 Å². The summed E-state index contributed by atoms with van der Waals surface area (Å²) in [5.74, 6) is 37.2. The highest BCUT2D eigenvalue weighted by Gasteiger charge is 2.97. The highest BCUT2D eigenvalue weighted by molar-refractivity contribution is 5.44. The molecule has 0 N–H and O–H groups in total. The first-order valence-electron chi connectivity index (χ1n) is 41.4. The van der Waals surface area contributed by atoms with Crippen molar-refractivity contribution in [3.63, 3.8) is 0 Å². The maximum absolute atomic E-state index is 2.49. The smallest absolute Gasteiger partial charge is 0.0171 e. The van der Waals surface area contributed by atoms with E-state index in [1.165, 1.54) is 328 Å². The number of hydrogen-bond donors (Lipinski definition) is 0. The molecule has 28 aliphatic rings. The molecule has 0 nitrogen and oxygen atoms in total. The van der Waals surface area contributed by atoms with Crippen molar-refractivity contribution in [1.82, 2.24) is 0 Å². The van der Waals surface area contributed by atoms with E-state index in [0.717, 1.165) is 35.0 Å². The molecule has 0 saturated heterocycles. The lowest BCUT2D eigenvalue weighted by Crippen LogP contribution is -3.00. The molecule has 1 spiro atoms. The lowest BCUT2D eigenvalue weighted by Gasteiger charge is -3.03. The lowest BCUT2D eigenvalue weighted by molar-refractivity contribution is -0.565. The van der Waals surface area contributed by atoms with Gasteiger partial charge in [0.15, 0.2) is 0 Å². The quantitative estimate of drug-likeness (QED) is 0.168. The normalized spacial score (nSPS) is 55.8. The Morgan fingerprint density at radius 1 is 0.226 bits per heavy atom. The topological polar surface area (TPSA) is 0 Å². The van der Waals surface area contributed by atoms with Crippen molar-refractivity contribution in [2.45, 2.75) is 327 Å². The first-order valence-corrected chi connectivity index (χ1v) is 41.4. The molecule has 0 aromatic rings. The van der Waals surface area contributed by atoms with Crippen LogP contribution in [0.2, 0.25) is 0 Å². The van der Waals surface area contributed by atoms with Crippen LogP contribution < -0.4 is 0 Å².